The third-order valence-corrected chi connectivity index (χ3v) is 4.52. The Morgan fingerprint density at radius 3 is 2.65 bits per heavy atom. The third kappa shape index (κ3) is 2.68. The second-order valence-corrected chi connectivity index (χ2v) is 6.04. The smallest absolute Gasteiger partial charge is 0.312 e. The summed E-state index contributed by atoms with van der Waals surface area (Å²) in [6, 6.07) is 0. The number of aromatic nitrogens is 1. The zero-order valence-corrected chi connectivity index (χ0v) is 11.2. The molecule has 1 aromatic heterocycles. The molecule has 1 aliphatic carbocycles. The lowest BCUT2D eigenvalue weighted by molar-refractivity contribution is -0.139. The maximum Gasteiger partial charge on any atom is 0.312 e. The molecule has 0 spiro atoms. The Labute approximate surface area is 106 Å². The standard InChI is InChI=1S/C13H19NO2S/c1-8(2)11(13(15)16)10-7-17-12(14-10)9-5-3-4-6-9/h7-9,11H,3-6H2,1-2H3,(H,15,16). The second-order valence-electron chi connectivity index (χ2n) is 5.15. The second kappa shape index (κ2) is 5.17. The first-order valence-corrected chi connectivity index (χ1v) is 7.15. The van der Waals surface area contributed by atoms with Crippen LogP contribution in [0.1, 0.15) is 62.1 Å². The van der Waals surface area contributed by atoms with Gasteiger partial charge >= 0.3 is 5.97 Å². The lowest BCUT2D eigenvalue weighted by Gasteiger charge is -2.13. The van der Waals surface area contributed by atoms with Gasteiger partial charge in [0.25, 0.3) is 0 Å². The molecule has 2 rings (SSSR count). The lowest BCUT2D eigenvalue weighted by atomic mass is 9.93. The Balaban J connectivity index is 2.18. The fourth-order valence-corrected chi connectivity index (χ4v) is 3.58. The molecule has 1 unspecified atom stereocenters. The summed E-state index contributed by atoms with van der Waals surface area (Å²) in [5.41, 5.74) is 0.749. The van der Waals surface area contributed by atoms with Crippen molar-refractivity contribution in [1.82, 2.24) is 4.98 Å². The van der Waals surface area contributed by atoms with Gasteiger partial charge in [-0.05, 0) is 18.8 Å². The summed E-state index contributed by atoms with van der Waals surface area (Å²) in [7, 11) is 0. The average Bonchev–Trinajstić information content (AvgIpc) is 2.83. The van der Waals surface area contributed by atoms with Gasteiger partial charge in [0.1, 0.15) is 5.92 Å². The molecule has 3 nitrogen and oxygen atoms in total. The molecule has 17 heavy (non-hydrogen) atoms. The van der Waals surface area contributed by atoms with Crippen LogP contribution in [0.4, 0.5) is 0 Å². The fraction of sp³-hybridized carbons (Fsp3) is 0.692. The molecule has 1 aromatic rings. The fourth-order valence-electron chi connectivity index (χ4n) is 2.56. The van der Waals surface area contributed by atoms with Crippen LogP contribution in [-0.4, -0.2) is 16.1 Å². The Morgan fingerprint density at radius 2 is 2.12 bits per heavy atom. The van der Waals surface area contributed by atoms with Crippen molar-refractivity contribution in [2.75, 3.05) is 0 Å². The molecule has 94 valence electrons. The molecule has 0 radical (unpaired) electrons. The highest BCUT2D eigenvalue weighted by Gasteiger charge is 2.28. The predicted molar refractivity (Wildman–Crippen MR) is 68.5 cm³/mol. The van der Waals surface area contributed by atoms with E-state index in [-0.39, 0.29) is 5.92 Å². The van der Waals surface area contributed by atoms with E-state index in [2.05, 4.69) is 4.98 Å². The van der Waals surface area contributed by atoms with Gasteiger partial charge in [0.15, 0.2) is 0 Å². The minimum absolute atomic E-state index is 0.0889. The van der Waals surface area contributed by atoms with Gasteiger partial charge in [-0.15, -0.1) is 11.3 Å². The summed E-state index contributed by atoms with van der Waals surface area (Å²) in [5, 5.41) is 12.3. The molecule has 1 aliphatic rings. The highest BCUT2D eigenvalue weighted by molar-refractivity contribution is 7.09. The van der Waals surface area contributed by atoms with Crippen molar-refractivity contribution in [3.05, 3.63) is 16.1 Å². The number of hydrogen-bond acceptors (Lipinski definition) is 3. The van der Waals surface area contributed by atoms with Gasteiger partial charge < -0.3 is 5.11 Å². The average molecular weight is 253 g/mol. The number of hydrogen-bond donors (Lipinski definition) is 1. The first-order valence-electron chi connectivity index (χ1n) is 6.27. The van der Waals surface area contributed by atoms with Crippen molar-refractivity contribution in [3.8, 4) is 0 Å². The van der Waals surface area contributed by atoms with Crippen LogP contribution < -0.4 is 0 Å². The molecule has 1 saturated carbocycles. The van der Waals surface area contributed by atoms with E-state index < -0.39 is 11.9 Å². The van der Waals surface area contributed by atoms with Gasteiger partial charge in [0.05, 0.1) is 10.7 Å². The van der Waals surface area contributed by atoms with Crippen LogP contribution in [0, 0.1) is 5.92 Å². The topological polar surface area (TPSA) is 50.2 Å². The SMILES string of the molecule is CC(C)C(C(=O)O)c1csc(C2CCCC2)n1. The number of nitrogens with zero attached hydrogens (tertiary/aromatic N) is 1. The predicted octanol–water partition coefficient (Wildman–Crippen LogP) is 3.62. The van der Waals surface area contributed by atoms with Crippen molar-refractivity contribution in [3.63, 3.8) is 0 Å². The summed E-state index contributed by atoms with van der Waals surface area (Å²) in [5.74, 6) is -0.550. The molecule has 0 aliphatic heterocycles. The van der Waals surface area contributed by atoms with Crippen LogP contribution in [-0.2, 0) is 4.79 Å². The van der Waals surface area contributed by atoms with Gasteiger partial charge in [-0.25, -0.2) is 4.98 Å². The Bertz CT molecular complexity index is 394. The van der Waals surface area contributed by atoms with Gasteiger partial charge in [-0.2, -0.15) is 0 Å². The summed E-state index contributed by atoms with van der Waals surface area (Å²) in [4.78, 5) is 15.8. The van der Waals surface area contributed by atoms with Crippen molar-refractivity contribution >= 4 is 17.3 Å². The van der Waals surface area contributed by atoms with Crippen LogP contribution in [0.15, 0.2) is 5.38 Å². The van der Waals surface area contributed by atoms with Gasteiger partial charge in [0, 0.05) is 11.3 Å². The quantitative estimate of drug-likeness (QED) is 0.891. The molecule has 1 atom stereocenters. The van der Waals surface area contributed by atoms with Crippen molar-refractivity contribution in [2.24, 2.45) is 5.92 Å². The first-order chi connectivity index (χ1) is 8.09. The Kier molecular flexibility index (Phi) is 3.82. The zero-order chi connectivity index (χ0) is 12.4. The molecule has 0 amide bonds. The van der Waals surface area contributed by atoms with Crippen molar-refractivity contribution in [2.45, 2.75) is 51.4 Å². The number of carboxylic acids is 1. The minimum Gasteiger partial charge on any atom is -0.481 e. The number of thiazole rings is 1. The summed E-state index contributed by atoms with van der Waals surface area (Å²) >= 11 is 1.64. The monoisotopic (exact) mass is 253 g/mol. The largest absolute Gasteiger partial charge is 0.481 e. The summed E-state index contributed by atoms with van der Waals surface area (Å²) in [6.45, 7) is 3.88. The minimum atomic E-state index is -0.761. The van der Waals surface area contributed by atoms with Crippen LogP contribution in [0.25, 0.3) is 0 Å². The highest BCUT2D eigenvalue weighted by Crippen LogP contribution is 2.37. The van der Waals surface area contributed by atoms with Crippen LogP contribution >= 0.6 is 11.3 Å². The van der Waals surface area contributed by atoms with Gasteiger partial charge in [-0.1, -0.05) is 26.7 Å². The molecule has 1 heterocycles. The number of carbonyl (C=O) groups is 1. The van der Waals surface area contributed by atoms with E-state index in [1.54, 1.807) is 11.3 Å². The van der Waals surface area contributed by atoms with E-state index in [1.807, 2.05) is 19.2 Å². The van der Waals surface area contributed by atoms with E-state index >= 15 is 0 Å². The van der Waals surface area contributed by atoms with Gasteiger partial charge in [-0.3, -0.25) is 4.79 Å². The molecular formula is C13H19NO2S. The maximum absolute atomic E-state index is 11.2. The van der Waals surface area contributed by atoms with E-state index in [0.717, 1.165) is 10.7 Å². The lowest BCUT2D eigenvalue weighted by Crippen LogP contribution is -2.17. The number of carboxylic acid groups (broad SMARTS) is 1. The third-order valence-electron chi connectivity index (χ3n) is 3.50. The molecule has 1 N–H and O–H groups in total. The molecule has 0 aromatic carbocycles. The Hall–Kier alpha value is -0.900. The Morgan fingerprint density at radius 1 is 1.47 bits per heavy atom. The van der Waals surface area contributed by atoms with E-state index in [1.165, 1.54) is 25.7 Å². The van der Waals surface area contributed by atoms with Crippen LogP contribution in [0.5, 0.6) is 0 Å². The first kappa shape index (κ1) is 12.6. The van der Waals surface area contributed by atoms with Crippen molar-refractivity contribution < 1.29 is 9.90 Å². The highest BCUT2D eigenvalue weighted by atomic mass is 32.1. The number of rotatable bonds is 4. The number of aliphatic carboxylic acids is 1. The molecule has 0 saturated heterocycles. The van der Waals surface area contributed by atoms with Crippen LogP contribution in [0.3, 0.4) is 0 Å². The summed E-state index contributed by atoms with van der Waals surface area (Å²) in [6.07, 6.45) is 5.00. The zero-order valence-electron chi connectivity index (χ0n) is 10.3. The normalized spacial score (nSPS) is 18.8. The van der Waals surface area contributed by atoms with E-state index in [0.29, 0.717) is 5.92 Å². The van der Waals surface area contributed by atoms with E-state index in [9.17, 15) is 9.90 Å². The van der Waals surface area contributed by atoms with Gasteiger partial charge in [0.2, 0.25) is 0 Å². The van der Waals surface area contributed by atoms with Crippen LogP contribution in [0.2, 0.25) is 0 Å². The van der Waals surface area contributed by atoms with Crippen molar-refractivity contribution in [1.29, 1.82) is 0 Å². The maximum atomic E-state index is 11.2. The summed E-state index contributed by atoms with van der Waals surface area (Å²) < 4.78 is 0. The molecule has 4 heteroatoms. The molecular weight excluding hydrogens is 234 g/mol. The molecule has 1 fully saturated rings. The van der Waals surface area contributed by atoms with E-state index in [4.69, 9.17) is 0 Å². The molecule has 0 bridgehead atoms.